The van der Waals surface area contributed by atoms with Crippen LogP contribution in [0.4, 0.5) is 5.69 Å². The number of amides is 2. The van der Waals surface area contributed by atoms with Crippen molar-refractivity contribution >= 4 is 23.5 Å². The Balaban J connectivity index is 1.99. The number of hydrogen-bond acceptors (Lipinski definition) is 3. The maximum absolute atomic E-state index is 12.4. The van der Waals surface area contributed by atoms with Gasteiger partial charge in [0.25, 0.3) is 11.8 Å². The molecule has 1 N–H and O–H groups in total. The fraction of sp³-hybridized carbons (Fsp3) is 0.312. The zero-order valence-corrected chi connectivity index (χ0v) is 11.7. The van der Waals surface area contributed by atoms with E-state index in [0.717, 1.165) is 12.8 Å². The largest absolute Gasteiger partial charge is 0.478 e. The second-order valence-corrected chi connectivity index (χ2v) is 5.41. The summed E-state index contributed by atoms with van der Waals surface area (Å²) in [5, 5.41) is 9.04. The molecule has 0 aromatic heterocycles. The molecule has 2 amide bonds. The number of aryl methyl sites for hydroxylation is 1. The van der Waals surface area contributed by atoms with Crippen molar-refractivity contribution in [1.82, 2.24) is 0 Å². The van der Waals surface area contributed by atoms with Gasteiger partial charge in [-0.2, -0.15) is 0 Å². The lowest BCUT2D eigenvalue weighted by atomic mass is 9.93. The highest BCUT2D eigenvalue weighted by atomic mass is 16.4. The van der Waals surface area contributed by atoms with Crippen LogP contribution in [0.25, 0.3) is 0 Å². The fourth-order valence-electron chi connectivity index (χ4n) is 3.00. The van der Waals surface area contributed by atoms with Crippen molar-refractivity contribution in [1.29, 1.82) is 0 Å². The van der Waals surface area contributed by atoms with Crippen LogP contribution in [0, 0.1) is 6.92 Å². The van der Waals surface area contributed by atoms with Crippen LogP contribution in [0.5, 0.6) is 0 Å². The predicted molar refractivity (Wildman–Crippen MR) is 76.1 cm³/mol. The maximum atomic E-state index is 12.4. The summed E-state index contributed by atoms with van der Waals surface area (Å²) in [6.07, 6.45) is 3.18. The molecule has 1 aromatic rings. The lowest BCUT2D eigenvalue weighted by Gasteiger charge is -2.16. The number of nitrogens with zero attached hydrogens (tertiary/aromatic N) is 1. The molecule has 0 saturated carbocycles. The highest BCUT2D eigenvalue weighted by molar-refractivity contribution is 6.33. The molecule has 5 heteroatoms. The van der Waals surface area contributed by atoms with Gasteiger partial charge in [-0.05, 0) is 56.4 Å². The molecule has 1 aliphatic heterocycles. The maximum Gasteiger partial charge on any atom is 0.335 e. The average Bonchev–Trinajstić information content (AvgIpc) is 2.71. The number of imide groups is 1. The van der Waals surface area contributed by atoms with Crippen molar-refractivity contribution in [2.45, 2.75) is 32.6 Å². The molecule has 0 fully saturated rings. The summed E-state index contributed by atoms with van der Waals surface area (Å²) in [7, 11) is 0. The van der Waals surface area contributed by atoms with Crippen molar-refractivity contribution in [3.8, 4) is 0 Å². The van der Waals surface area contributed by atoms with Gasteiger partial charge in [0.1, 0.15) is 0 Å². The molecule has 3 rings (SSSR count). The molecular formula is C16H15NO4. The third-order valence-corrected chi connectivity index (χ3v) is 4.09. The van der Waals surface area contributed by atoms with Crippen LogP contribution in [0.2, 0.25) is 0 Å². The first kappa shape index (κ1) is 13.5. The minimum atomic E-state index is -1.02. The fourth-order valence-corrected chi connectivity index (χ4v) is 3.00. The Labute approximate surface area is 121 Å². The summed E-state index contributed by atoms with van der Waals surface area (Å²) in [6.45, 7) is 1.66. The first-order valence-corrected chi connectivity index (χ1v) is 6.95. The van der Waals surface area contributed by atoms with Crippen LogP contribution < -0.4 is 4.90 Å². The van der Waals surface area contributed by atoms with Gasteiger partial charge in [0.2, 0.25) is 0 Å². The average molecular weight is 285 g/mol. The van der Waals surface area contributed by atoms with Gasteiger partial charge >= 0.3 is 5.97 Å². The summed E-state index contributed by atoms with van der Waals surface area (Å²) in [4.78, 5) is 37.0. The number of rotatable bonds is 2. The molecule has 2 aliphatic rings. The highest BCUT2D eigenvalue weighted by Gasteiger charge is 2.39. The van der Waals surface area contributed by atoms with E-state index >= 15 is 0 Å². The Morgan fingerprint density at radius 2 is 1.67 bits per heavy atom. The quantitative estimate of drug-likeness (QED) is 0.847. The molecular weight excluding hydrogens is 270 g/mol. The third-order valence-electron chi connectivity index (χ3n) is 4.09. The van der Waals surface area contributed by atoms with Gasteiger partial charge in [-0.3, -0.25) is 9.59 Å². The van der Waals surface area contributed by atoms with E-state index in [9.17, 15) is 14.4 Å². The molecule has 0 bridgehead atoms. The molecule has 0 spiro atoms. The second-order valence-electron chi connectivity index (χ2n) is 5.41. The van der Waals surface area contributed by atoms with Gasteiger partial charge in [0, 0.05) is 11.1 Å². The molecule has 0 saturated heterocycles. The Bertz CT molecular complexity index is 674. The van der Waals surface area contributed by atoms with Crippen LogP contribution >= 0.6 is 0 Å². The summed E-state index contributed by atoms with van der Waals surface area (Å²) in [6, 6.07) is 4.53. The minimum Gasteiger partial charge on any atom is -0.478 e. The molecule has 1 heterocycles. The van der Waals surface area contributed by atoms with Crippen LogP contribution in [0.15, 0.2) is 29.3 Å². The molecule has 0 atom stereocenters. The van der Waals surface area contributed by atoms with E-state index in [-0.39, 0.29) is 17.4 Å². The van der Waals surface area contributed by atoms with Gasteiger partial charge in [0.05, 0.1) is 11.3 Å². The standard InChI is InChI=1S/C16H15NO4/c1-9-8-10(6-7-11(9)16(20)21)17-14(18)12-4-2-3-5-13(12)15(17)19/h6-8H,2-5H2,1H3,(H,20,21). The Morgan fingerprint density at radius 1 is 1.10 bits per heavy atom. The third kappa shape index (κ3) is 2.05. The van der Waals surface area contributed by atoms with E-state index in [1.807, 2.05) is 0 Å². The van der Waals surface area contributed by atoms with Crippen LogP contribution in [-0.4, -0.2) is 22.9 Å². The normalized spacial score (nSPS) is 18.2. The summed E-state index contributed by atoms with van der Waals surface area (Å²) >= 11 is 0. The highest BCUT2D eigenvalue weighted by Crippen LogP contribution is 2.36. The summed E-state index contributed by atoms with van der Waals surface area (Å²) in [5.41, 5.74) is 2.42. The molecule has 1 aromatic carbocycles. The summed E-state index contributed by atoms with van der Waals surface area (Å²) < 4.78 is 0. The van der Waals surface area contributed by atoms with Crippen molar-refractivity contribution in [3.05, 3.63) is 40.5 Å². The smallest absolute Gasteiger partial charge is 0.335 e. The van der Waals surface area contributed by atoms with Crippen molar-refractivity contribution in [2.75, 3.05) is 4.90 Å². The monoisotopic (exact) mass is 285 g/mol. The number of benzene rings is 1. The zero-order valence-electron chi connectivity index (χ0n) is 11.7. The number of carbonyl (C=O) groups excluding carboxylic acids is 2. The number of hydrogen-bond donors (Lipinski definition) is 1. The van der Waals surface area contributed by atoms with E-state index < -0.39 is 5.97 Å². The Hall–Kier alpha value is -2.43. The van der Waals surface area contributed by atoms with Gasteiger partial charge in [-0.25, -0.2) is 9.69 Å². The Kier molecular flexibility index (Phi) is 3.12. The second kappa shape index (κ2) is 4.84. The zero-order chi connectivity index (χ0) is 15.1. The number of carboxylic acid groups (broad SMARTS) is 1. The Morgan fingerprint density at radius 3 is 2.14 bits per heavy atom. The van der Waals surface area contributed by atoms with E-state index in [0.29, 0.717) is 35.2 Å². The topological polar surface area (TPSA) is 74.7 Å². The molecule has 0 radical (unpaired) electrons. The predicted octanol–water partition coefficient (Wildman–Crippen LogP) is 2.44. The first-order valence-electron chi connectivity index (χ1n) is 6.95. The van der Waals surface area contributed by atoms with E-state index in [1.165, 1.54) is 17.0 Å². The summed E-state index contributed by atoms with van der Waals surface area (Å²) in [5.74, 6) is -1.52. The van der Waals surface area contributed by atoms with Gasteiger partial charge < -0.3 is 5.11 Å². The molecule has 21 heavy (non-hydrogen) atoms. The number of aromatic carboxylic acids is 1. The van der Waals surface area contributed by atoms with Crippen molar-refractivity contribution in [2.24, 2.45) is 0 Å². The minimum absolute atomic E-state index is 0.176. The molecule has 108 valence electrons. The lowest BCUT2D eigenvalue weighted by molar-refractivity contribution is -0.120. The molecule has 1 aliphatic carbocycles. The molecule has 0 unspecified atom stereocenters. The van der Waals surface area contributed by atoms with Gasteiger partial charge in [0.15, 0.2) is 0 Å². The van der Waals surface area contributed by atoms with Gasteiger partial charge in [-0.1, -0.05) is 0 Å². The van der Waals surface area contributed by atoms with Crippen LogP contribution in [-0.2, 0) is 9.59 Å². The van der Waals surface area contributed by atoms with Gasteiger partial charge in [-0.15, -0.1) is 0 Å². The molecule has 5 nitrogen and oxygen atoms in total. The first-order chi connectivity index (χ1) is 10.0. The number of carbonyl (C=O) groups is 3. The van der Waals surface area contributed by atoms with E-state index in [4.69, 9.17) is 5.11 Å². The van der Waals surface area contributed by atoms with Crippen molar-refractivity contribution < 1.29 is 19.5 Å². The van der Waals surface area contributed by atoms with Crippen LogP contribution in [0.3, 0.4) is 0 Å². The number of carboxylic acids is 1. The van der Waals surface area contributed by atoms with Crippen molar-refractivity contribution in [3.63, 3.8) is 0 Å². The SMILES string of the molecule is Cc1cc(N2C(=O)C3=C(CCCC3)C2=O)ccc1C(=O)O. The van der Waals surface area contributed by atoms with Crippen LogP contribution in [0.1, 0.15) is 41.6 Å². The number of anilines is 1. The van der Waals surface area contributed by atoms with E-state index in [1.54, 1.807) is 13.0 Å². The lowest BCUT2D eigenvalue weighted by Crippen LogP contribution is -2.31. The van der Waals surface area contributed by atoms with E-state index in [2.05, 4.69) is 0 Å².